The van der Waals surface area contributed by atoms with Gasteiger partial charge in [-0.05, 0) is 186 Å². The van der Waals surface area contributed by atoms with Gasteiger partial charge in [-0.15, -0.1) is 79.1 Å². The Kier molecular flexibility index (Phi) is 43.0. The molecule has 38 nitrogen and oxygen atoms in total. The minimum atomic E-state index is -1.25. The number of rotatable bonds is 27. The second-order valence-corrected chi connectivity index (χ2v) is 66.2. The highest BCUT2D eigenvalue weighted by molar-refractivity contribution is 7.73. The highest BCUT2D eigenvalue weighted by atomic mass is 31.2. The molecule has 6 unspecified atom stereocenters. The van der Waals surface area contributed by atoms with Crippen LogP contribution in [0.25, 0.3) is 0 Å². The van der Waals surface area contributed by atoms with Crippen LogP contribution in [-0.2, 0) is 44.9 Å². The minimum Gasteiger partial charge on any atom is -0.391 e. The van der Waals surface area contributed by atoms with Crippen LogP contribution in [0.4, 0.5) is 0 Å². The van der Waals surface area contributed by atoms with Crippen LogP contribution in [0.5, 0.6) is 0 Å². The summed E-state index contributed by atoms with van der Waals surface area (Å²) in [5.74, 6) is 5.77. The number of nitrogens with two attached hydrogens (primary N) is 1. The first-order chi connectivity index (χ1) is 63.5. The Hall–Kier alpha value is -6.53. The zero-order chi connectivity index (χ0) is 103. The van der Waals surface area contributed by atoms with E-state index in [2.05, 4.69) is 186 Å². The van der Waals surface area contributed by atoms with Gasteiger partial charge in [0.2, 0.25) is 0 Å². The zero-order valence-corrected chi connectivity index (χ0v) is 89.7. The predicted molar refractivity (Wildman–Crippen MR) is 570 cm³/mol. The van der Waals surface area contributed by atoms with E-state index in [9.17, 15) is 61.0 Å². The molecule has 0 aromatic carbocycles. The molecule has 12 heterocycles. The van der Waals surface area contributed by atoms with Crippen LogP contribution in [0.2, 0.25) is 0 Å². The van der Waals surface area contributed by atoms with E-state index < -0.39 is 176 Å². The fourth-order valence-corrected chi connectivity index (χ4v) is 21.6. The van der Waals surface area contributed by atoms with Crippen LogP contribution in [0.15, 0.2) is 165 Å². The van der Waals surface area contributed by atoms with Gasteiger partial charge < -0.3 is 145 Å². The SMILES string of the molecule is C=C1N=C(N(C)C)C=CN1C1O[C@H](CCP(=C)(C)C)[C@@H](O)[C@H]1O.C=C1N=C(N(C)C)C=CN1C1O[C@H](CCP(=C)(C)C)[C@@H](O)[C@H]1OC.C=C1N=C(N)C(CO)=CN1C1O[C@H](CCP(=C)(C)C)[C@@H](O)[C@H]1O.C=C1NC(=NC)C=CN1C1O[C@H](CCP(=C)(C)C)[C@@H](O)[C@H]1O.C=C1NC(=NC)C=CN1C1O[C@H](CCP(=C)(C)C)[C@@H](O)[C@H]1OC.C=P(C)(C)CC[C@H]1OC(n2ccc(=N)n(C)c2=O)[C@H](O)[C@@H]1O. The van der Waals surface area contributed by atoms with Gasteiger partial charge in [-0.25, -0.2) is 19.8 Å². The lowest BCUT2D eigenvalue weighted by Gasteiger charge is -2.34. The second-order valence-electron chi connectivity index (χ2n) is 40.3. The Balaban J connectivity index is 0.000000224. The molecule has 0 radical (unpaired) electrons. The maximum Gasteiger partial charge on any atom is 0.331 e. The molecule has 6 saturated heterocycles. The average molecular weight is 2040 g/mol. The van der Waals surface area contributed by atoms with Crippen molar-refractivity contribution in [3.05, 3.63) is 151 Å². The fourth-order valence-electron chi connectivity index (χ4n) is 15.8. The van der Waals surface area contributed by atoms with Crippen molar-refractivity contribution < 1.29 is 94.1 Å². The first kappa shape index (κ1) is 117. The van der Waals surface area contributed by atoms with Crippen molar-refractivity contribution >= 4 is 108 Å². The molecule has 0 aliphatic carbocycles. The molecule has 0 spiro atoms. The molecular weight excluding hydrogens is 1870 g/mol. The van der Waals surface area contributed by atoms with Gasteiger partial charge in [0, 0.05) is 106 Å². The van der Waals surface area contributed by atoms with Crippen LogP contribution >= 0.6 is 41.3 Å². The third-order valence-electron chi connectivity index (χ3n) is 24.1. The molecule has 24 atom stereocenters. The monoisotopic (exact) mass is 2040 g/mol. The minimum absolute atomic E-state index is 0.0643. The lowest BCUT2D eigenvalue weighted by Crippen LogP contribution is -2.47. The smallest absolute Gasteiger partial charge is 0.331 e. The quantitative estimate of drug-likeness (QED) is 0.0563. The van der Waals surface area contributed by atoms with Crippen LogP contribution < -0.4 is 27.5 Å². The standard InChI is InChI=1S/C17H30N3O3P.2C16H28N3O3P.C15H26N3O4P.C15H26N3O3P.C14H24N3O4P/c1-12-18-14(19(2)3)8-10-20(12)17-16(22-4)15(21)13(23-17)9-11-24(5,6)7;1-11-17-13(18(2)3)7-9-19(11)16-15(21)14(20)12(22-16)8-10-23(4,5)6;1-11-18-13(17-2)7-9-19(11)16-15(21-3)14(20)12(22-16)8-10-23(4,5)6;1-9-17-14(16)10(8-19)7-18(9)15-13(21)12(20)11(22-15)5-6-23(2,3)4;1-10-17-12(16-2)6-8-18(10)15-14(20)13(19)11(21-15)7-9-22(3,4)5;1-16-10(15)5-7-17(14(16)20)13-12(19)11(18)9(21-13)6-8-22(2,3)4/h8,10,13,15-17,21H,1,5,9,11H2,2-4,6-7H3;7,9,12,14-16,20-21H,1,4,8,10H2,2-3,5-6H3;7,9,12,14-16,20H,1,4,8,10H2,2-3,5-6H3,(H,17,18);7,11-13,15,19-21H,1-2,5-6,8H2,3-4H3,(H2,16,17);6,8,11,13-15,19-20H,1,3,7,9H2,2,4-5H3,(H,16,17);5,7,9,11-13,15,18-19H,2,6,8H2,1,3-4H3/t13-,15-,16-,17?;2*12-,14-,15-,16?;11-,12-,13-,15?;11-,13-,14-,15?;9-,11-,12-,13?/m111111/s1. The Morgan fingerprint density at radius 1 is 0.438 bits per heavy atom. The van der Waals surface area contributed by atoms with E-state index in [0.717, 1.165) is 71.9 Å². The van der Waals surface area contributed by atoms with Crippen molar-refractivity contribution in [3.8, 4) is 0 Å². The number of aliphatic hydroxyl groups excluding tert-OH is 11. The summed E-state index contributed by atoms with van der Waals surface area (Å²) in [5.41, 5.74) is 5.72. The van der Waals surface area contributed by atoms with Gasteiger partial charge in [-0.1, -0.05) is 32.9 Å². The summed E-state index contributed by atoms with van der Waals surface area (Å²) in [6.07, 6.45) is 35.7. The molecule has 0 bridgehead atoms. The summed E-state index contributed by atoms with van der Waals surface area (Å²) < 4.78 is 49.0. The normalized spacial score (nSPS) is 31.8. The molecule has 774 valence electrons. The van der Waals surface area contributed by atoms with Crippen molar-refractivity contribution in [2.45, 2.75) is 186 Å². The number of nitrogens with zero attached hydrogens (tertiary/aromatic N) is 14. The van der Waals surface area contributed by atoms with Crippen LogP contribution in [0, 0.1) is 5.41 Å². The molecule has 1 aromatic heterocycles. The van der Waals surface area contributed by atoms with Gasteiger partial charge >= 0.3 is 5.69 Å². The second kappa shape index (κ2) is 50.1. The molecule has 6 fully saturated rings. The van der Waals surface area contributed by atoms with Gasteiger partial charge in [0.15, 0.2) is 37.4 Å². The Morgan fingerprint density at radius 2 is 0.715 bits per heavy atom. The summed E-state index contributed by atoms with van der Waals surface area (Å²) in [5, 5.41) is 126. The third-order valence-corrected chi connectivity index (χ3v) is 32.9. The molecule has 0 saturated carbocycles. The van der Waals surface area contributed by atoms with Gasteiger partial charge in [0.1, 0.15) is 137 Å². The van der Waals surface area contributed by atoms with E-state index in [-0.39, 0.29) is 36.2 Å². The molecule has 1 aromatic rings. The number of aliphatic hydroxyl groups is 11. The molecule has 137 heavy (non-hydrogen) atoms. The van der Waals surface area contributed by atoms with Crippen molar-refractivity contribution in [2.24, 2.45) is 37.7 Å². The van der Waals surface area contributed by atoms with Gasteiger partial charge in [0.05, 0.1) is 43.2 Å². The van der Waals surface area contributed by atoms with E-state index >= 15 is 0 Å². The van der Waals surface area contributed by atoms with E-state index in [0.29, 0.717) is 66.2 Å². The maximum atomic E-state index is 12.2. The van der Waals surface area contributed by atoms with Crippen LogP contribution in [0.1, 0.15) is 44.8 Å². The number of nitrogens with one attached hydrogen (secondary N) is 3. The van der Waals surface area contributed by atoms with E-state index in [1.807, 2.05) is 78.4 Å². The van der Waals surface area contributed by atoms with Gasteiger partial charge in [-0.3, -0.25) is 24.5 Å². The van der Waals surface area contributed by atoms with Crippen molar-refractivity contribution in [1.82, 2.24) is 54.1 Å². The van der Waals surface area contributed by atoms with Gasteiger partial charge in [0.25, 0.3) is 0 Å². The summed E-state index contributed by atoms with van der Waals surface area (Å²) in [4.78, 5) is 45.6. The summed E-state index contributed by atoms with van der Waals surface area (Å²) in [6.45, 7) is 37.9. The van der Waals surface area contributed by atoms with E-state index in [4.69, 9.17) is 49.0 Å². The Bertz CT molecular complexity index is 5130. The molecule has 0 amide bonds. The lowest BCUT2D eigenvalue weighted by atomic mass is 10.1. The average Bonchev–Trinajstić information content (AvgIpc) is 1.74. The first-order valence-electron chi connectivity index (χ1n) is 45.4. The first-order valence-corrected chi connectivity index (χ1v) is 63.7. The number of likely N-dealkylation sites (N-methyl/N-ethyl adjacent to an activating group) is 2. The van der Waals surface area contributed by atoms with E-state index in [1.54, 1.807) is 62.8 Å². The number of aromatic nitrogens is 2. The zero-order valence-electron chi connectivity index (χ0n) is 84.3. The number of aliphatic imine (C=N–C) groups is 5. The summed E-state index contributed by atoms with van der Waals surface area (Å²) in [6, 6.07) is 1.45. The number of amidine groups is 5. The number of hydrogen-bond donors (Lipinski definition) is 15. The molecule has 16 N–H and O–H groups in total. The Morgan fingerprint density at radius 3 is 1.02 bits per heavy atom. The summed E-state index contributed by atoms with van der Waals surface area (Å²) in [7, 11) is 15.7. The molecule has 11 aliphatic heterocycles. The van der Waals surface area contributed by atoms with Gasteiger partial charge in [-0.2, -0.15) is 0 Å². The molecule has 12 rings (SSSR count). The van der Waals surface area contributed by atoms with Crippen molar-refractivity contribution in [1.29, 1.82) is 5.41 Å². The van der Waals surface area contributed by atoms with Crippen LogP contribution in [0.3, 0.4) is 0 Å². The Labute approximate surface area is 812 Å². The highest BCUT2D eigenvalue weighted by Crippen LogP contribution is 2.46. The maximum absolute atomic E-state index is 12.2. The number of methoxy groups -OCH3 is 2. The van der Waals surface area contributed by atoms with Crippen molar-refractivity contribution in [3.63, 3.8) is 0 Å². The number of ether oxygens (including phenoxy) is 8. The number of hydrogen-bond acceptors (Lipinski definition) is 34. The van der Waals surface area contributed by atoms with Crippen molar-refractivity contribution in [2.75, 3.05) is 180 Å². The molecule has 44 heteroatoms. The lowest BCUT2D eigenvalue weighted by molar-refractivity contribution is -0.0709. The molecular formula is C93H162N18O20P6. The fraction of sp³-hybridized carbons (Fsp3) is 0.624. The highest BCUT2D eigenvalue weighted by Gasteiger charge is 2.52. The van der Waals surface area contributed by atoms with E-state index in [1.165, 1.54) is 28.8 Å². The third kappa shape index (κ3) is 33.0. The summed E-state index contributed by atoms with van der Waals surface area (Å²) >= 11 is 0. The molecule has 11 aliphatic rings. The predicted octanol–water partition coefficient (Wildman–Crippen LogP) is 2.73. The largest absolute Gasteiger partial charge is 0.391 e. The van der Waals surface area contributed by atoms with Crippen LogP contribution in [-0.4, -0.2) is 488 Å². The topological polar surface area (TPSA) is 482 Å².